The van der Waals surface area contributed by atoms with E-state index in [2.05, 4.69) is 35.8 Å². The van der Waals surface area contributed by atoms with Crippen LogP contribution in [0.25, 0.3) is 17.1 Å². The van der Waals surface area contributed by atoms with Crippen LogP contribution < -0.4 is 20.6 Å². The maximum absolute atomic E-state index is 12.9. The third kappa shape index (κ3) is 4.63. The summed E-state index contributed by atoms with van der Waals surface area (Å²) in [4.78, 5) is 12.9. The van der Waals surface area contributed by atoms with E-state index in [9.17, 15) is 4.79 Å². The van der Waals surface area contributed by atoms with Crippen LogP contribution in [-0.4, -0.2) is 51.1 Å². The normalized spacial score (nSPS) is 11.0. The van der Waals surface area contributed by atoms with E-state index in [1.165, 1.54) is 10.9 Å². The molecule has 33 heavy (non-hydrogen) atoms. The predicted octanol–water partition coefficient (Wildman–Crippen LogP) is 2.07. The van der Waals surface area contributed by atoms with Crippen molar-refractivity contribution >= 4 is 17.9 Å². The van der Waals surface area contributed by atoms with Crippen molar-refractivity contribution in [2.45, 2.75) is 6.92 Å². The number of benzene rings is 2. The van der Waals surface area contributed by atoms with Gasteiger partial charge in [-0.2, -0.15) is 9.78 Å². The molecule has 12 nitrogen and oxygen atoms in total. The first-order valence-corrected chi connectivity index (χ1v) is 9.85. The number of hydrogen-bond acceptors (Lipinski definition) is 10. The summed E-state index contributed by atoms with van der Waals surface area (Å²) in [6.45, 7) is 2.36. The molecule has 3 N–H and O–H groups in total. The lowest BCUT2D eigenvalue weighted by molar-refractivity contribution is 0.0950. The highest BCUT2D eigenvalue weighted by molar-refractivity contribution is 5.99. The van der Waals surface area contributed by atoms with Crippen molar-refractivity contribution in [1.82, 2.24) is 30.7 Å². The second-order valence-electron chi connectivity index (χ2n) is 6.60. The van der Waals surface area contributed by atoms with Crippen LogP contribution in [0, 0.1) is 0 Å². The Hall–Kier alpha value is -4.74. The summed E-state index contributed by atoms with van der Waals surface area (Å²) in [6.07, 6.45) is 1.50. The molecule has 0 fully saturated rings. The molecule has 0 atom stereocenters. The van der Waals surface area contributed by atoms with Crippen LogP contribution in [0.5, 0.6) is 11.5 Å². The molecule has 0 radical (unpaired) electrons. The quantitative estimate of drug-likeness (QED) is 0.304. The summed E-state index contributed by atoms with van der Waals surface area (Å²) in [7, 11) is 1.58. The molecular formula is C21H20N8O4. The van der Waals surface area contributed by atoms with Crippen molar-refractivity contribution in [2.75, 3.05) is 19.5 Å². The summed E-state index contributed by atoms with van der Waals surface area (Å²) >= 11 is 0. The van der Waals surface area contributed by atoms with E-state index in [1.807, 2.05) is 6.92 Å². The molecule has 0 unspecified atom stereocenters. The Labute approximate surface area is 188 Å². The Morgan fingerprint density at radius 3 is 2.73 bits per heavy atom. The molecule has 0 spiro atoms. The number of methoxy groups -OCH3 is 1. The van der Waals surface area contributed by atoms with E-state index in [1.54, 1.807) is 55.6 Å². The van der Waals surface area contributed by atoms with E-state index in [0.29, 0.717) is 29.4 Å². The number of ether oxygens (including phenoxy) is 2. The summed E-state index contributed by atoms with van der Waals surface area (Å²) < 4.78 is 16.7. The second kappa shape index (κ2) is 9.60. The summed E-state index contributed by atoms with van der Waals surface area (Å²) in [6, 6.07) is 14.3. The van der Waals surface area contributed by atoms with E-state index in [-0.39, 0.29) is 17.3 Å². The van der Waals surface area contributed by atoms with E-state index in [4.69, 9.17) is 15.2 Å². The average Bonchev–Trinajstić information content (AvgIpc) is 3.46. The fourth-order valence-electron chi connectivity index (χ4n) is 2.99. The number of hydrazone groups is 1. The molecule has 2 aromatic heterocycles. The van der Waals surface area contributed by atoms with Crippen molar-refractivity contribution in [3.63, 3.8) is 0 Å². The zero-order valence-corrected chi connectivity index (χ0v) is 17.8. The zero-order valence-electron chi connectivity index (χ0n) is 17.8. The minimum Gasteiger partial charge on any atom is -0.497 e. The second-order valence-corrected chi connectivity index (χ2v) is 6.60. The van der Waals surface area contributed by atoms with Gasteiger partial charge >= 0.3 is 0 Å². The van der Waals surface area contributed by atoms with Gasteiger partial charge in [-0.05, 0) is 59.2 Å². The lowest BCUT2D eigenvalue weighted by Gasteiger charge is -2.08. The first-order chi connectivity index (χ1) is 16.1. The number of nitrogens with two attached hydrogens (primary N) is 1. The van der Waals surface area contributed by atoms with Crippen LogP contribution in [0.4, 0.5) is 5.82 Å². The lowest BCUT2D eigenvalue weighted by atomic mass is 10.1. The molecule has 0 aliphatic heterocycles. The summed E-state index contributed by atoms with van der Waals surface area (Å²) in [5, 5.41) is 19.4. The number of nitrogen functional groups attached to an aromatic ring is 1. The van der Waals surface area contributed by atoms with Gasteiger partial charge < -0.3 is 15.2 Å². The van der Waals surface area contributed by atoms with Crippen molar-refractivity contribution in [3.05, 3.63) is 59.8 Å². The Morgan fingerprint density at radius 1 is 1.21 bits per heavy atom. The molecule has 1 amide bonds. The van der Waals surface area contributed by atoms with Crippen LogP contribution in [0.2, 0.25) is 0 Å². The number of hydrogen-bond donors (Lipinski definition) is 2. The van der Waals surface area contributed by atoms with E-state index < -0.39 is 5.91 Å². The maximum Gasteiger partial charge on any atom is 0.294 e. The first kappa shape index (κ1) is 21.5. The molecule has 12 heteroatoms. The highest BCUT2D eigenvalue weighted by atomic mass is 16.6. The van der Waals surface area contributed by atoms with Crippen LogP contribution in [0.3, 0.4) is 0 Å². The van der Waals surface area contributed by atoms with Gasteiger partial charge in [0.2, 0.25) is 11.6 Å². The minimum absolute atomic E-state index is 0.00192. The van der Waals surface area contributed by atoms with Gasteiger partial charge in [0.05, 0.1) is 19.9 Å². The lowest BCUT2D eigenvalue weighted by Crippen LogP contribution is -2.19. The molecule has 0 bridgehead atoms. The van der Waals surface area contributed by atoms with Gasteiger partial charge in [-0.3, -0.25) is 4.79 Å². The van der Waals surface area contributed by atoms with E-state index in [0.717, 1.165) is 5.56 Å². The fourth-order valence-corrected chi connectivity index (χ4v) is 2.99. The number of nitrogens with zero attached hydrogens (tertiary/aromatic N) is 6. The minimum atomic E-state index is -0.585. The van der Waals surface area contributed by atoms with Crippen LogP contribution in [0.1, 0.15) is 23.0 Å². The maximum atomic E-state index is 12.9. The van der Waals surface area contributed by atoms with Gasteiger partial charge in [-0.15, -0.1) is 5.10 Å². The number of anilines is 1. The molecule has 2 heterocycles. The largest absolute Gasteiger partial charge is 0.497 e. The molecule has 0 aliphatic carbocycles. The SMILES string of the molecule is CCOc1cccc(-c2c(C(=O)N/N=C/c3ccc(OC)cc3)nnn2-c2nonc2N)c1. The molecule has 0 saturated carbocycles. The smallest absolute Gasteiger partial charge is 0.294 e. The molecule has 0 aliphatic rings. The molecule has 2 aromatic carbocycles. The first-order valence-electron chi connectivity index (χ1n) is 9.85. The molecule has 0 saturated heterocycles. The zero-order chi connectivity index (χ0) is 23.2. The number of nitrogens with one attached hydrogen (secondary N) is 1. The van der Waals surface area contributed by atoms with Gasteiger partial charge in [0.15, 0.2) is 5.69 Å². The van der Waals surface area contributed by atoms with E-state index >= 15 is 0 Å². The van der Waals surface area contributed by atoms with Crippen molar-refractivity contribution in [1.29, 1.82) is 0 Å². The number of rotatable bonds is 8. The number of carbonyl (C=O) groups is 1. The standard InChI is InChI=1S/C21H20N8O4/c1-3-32-16-6-4-5-14(11-16)18-17(24-28-29(18)20-19(22)26-33-27-20)21(30)25-23-12-13-7-9-15(31-2)10-8-13/h4-12H,3H2,1-2H3,(H2,22,26)(H,25,30)/b23-12+. The fraction of sp³-hybridized carbons (Fsp3) is 0.143. The Balaban J connectivity index is 1.66. The molecule has 168 valence electrons. The highest BCUT2D eigenvalue weighted by Crippen LogP contribution is 2.29. The van der Waals surface area contributed by atoms with Crippen molar-refractivity contribution in [2.24, 2.45) is 5.10 Å². The van der Waals surface area contributed by atoms with Gasteiger partial charge in [0.25, 0.3) is 5.91 Å². The van der Waals surface area contributed by atoms with Gasteiger partial charge in [-0.25, -0.2) is 10.1 Å². The third-order valence-corrected chi connectivity index (χ3v) is 4.50. The molecule has 4 rings (SSSR count). The monoisotopic (exact) mass is 448 g/mol. The van der Waals surface area contributed by atoms with Gasteiger partial charge in [0, 0.05) is 5.56 Å². The van der Waals surface area contributed by atoms with Gasteiger partial charge in [0.1, 0.15) is 17.2 Å². The number of carbonyl (C=O) groups excluding carboxylic acids is 1. The van der Waals surface area contributed by atoms with Crippen LogP contribution >= 0.6 is 0 Å². The van der Waals surface area contributed by atoms with Gasteiger partial charge in [-0.1, -0.05) is 17.3 Å². The predicted molar refractivity (Wildman–Crippen MR) is 118 cm³/mol. The Bertz CT molecular complexity index is 1280. The average molecular weight is 448 g/mol. The highest BCUT2D eigenvalue weighted by Gasteiger charge is 2.25. The van der Waals surface area contributed by atoms with Crippen LogP contribution in [0.15, 0.2) is 58.3 Å². The molecular weight excluding hydrogens is 428 g/mol. The van der Waals surface area contributed by atoms with Crippen LogP contribution in [-0.2, 0) is 0 Å². The topological polar surface area (TPSA) is 156 Å². The Kier molecular flexibility index (Phi) is 6.25. The number of amides is 1. The van der Waals surface area contributed by atoms with Crippen molar-refractivity contribution in [3.8, 4) is 28.6 Å². The molecule has 4 aromatic rings. The summed E-state index contributed by atoms with van der Waals surface area (Å²) in [5.41, 5.74) is 9.97. The Morgan fingerprint density at radius 2 is 2.03 bits per heavy atom. The summed E-state index contributed by atoms with van der Waals surface area (Å²) in [5.74, 6) is 0.829. The number of aromatic nitrogens is 5. The van der Waals surface area contributed by atoms with Crippen molar-refractivity contribution < 1.29 is 18.9 Å². The third-order valence-electron chi connectivity index (χ3n) is 4.50.